The molecule has 8 bridgehead atoms. The fraction of sp³-hybridized carbons (Fsp3) is 0.0408. The minimum atomic E-state index is -1.05. The molecular weight excluding hydrogens is 838 g/mol. The molecule has 13 heteroatoms. The first-order chi connectivity index (χ1) is 29.6. The second-order valence-corrected chi connectivity index (χ2v) is 14.2. The first kappa shape index (κ1) is 41.0. The van der Waals surface area contributed by atoms with Crippen LogP contribution in [0.5, 0.6) is 5.75 Å². The van der Waals surface area contributed by atoms with Crippen molar-refractivity contribution in [3.8, 4) is 50.3 Å². The summed E-state index contributed by atoms with van der Waals surface area (Å²) in [5.41, 5.74) is 11.4. The van der Waals surface area contributed by atoms with Crippen LogP contribution in [0.3, 0.4) is 0 Å². The van der Waals surface area contributed by atoms with Crippen molar-refractivity contribution >= 4 is 64.3 Å². The summed E-state index contributed by atoms with van der Waals surface area (Å²) in [5, 5.41) is 38.4. The van der Waals surface area contributed by atoms with E-state index in [9.17, 15) is 34.8 Å². The summed E-state index contributed by atoms with van der Waals surface area (Å²) in [6.45, 7) is 0.0254. The van der Waals surface area contributed by atoms with Gasteiger partial charge < -0.3 is 35.1 Å². The Bertz CT molecular complexity index is 3080. The van der Waals surface area contributed by atoms with Gasteiger partial charge in [0.15, 0.2) is 0 Å². The van der Waals surface area contributed by atoms with Crippen molar-refractivity contribution in [2.45, 2.75) is 0 Å². The fourth-order valence-corrected chi connectivity index (χ4v) is 7.64. The maximum absolute atomic E-state index is 11.9. The minimum absolute atomic E-state index is 0. The predicted molar refractivity (Wildman–Crippen MR) is 234 cm³/mol. The molecule has 62 heavy (non-hydrogen) atoms. The van der Waals surface area contributed by atoms with Crippen molar-refractivity contribution < 1.29 is 59.0 Å². The van der Waals surface area contributed by atoms with Gasteiger partial charge in [-0.2, -0.15) is 0 Å². The predicted octanol–water partition coefficient (Wildman–Crippen LogP) is 9.79. The van der Waals surface area contributed by atoms with Crippen LogP contribution in [-0.4, -0.2) is 71.5 Å². The van der Waals surface area contributed by atoms with E-state index in [-0.39, 0.29) is 49.4 Å². The number of aromatic nitrogens is 4. The van der Waals surface area contributed by atoms with E-state index in [2.05, 4.69) is 9.97 Å². The van der Waals surface area contributed by atoms with Crippen molar-refractivity contribution in [2.75, 3.05) is 13.2 Å². The summed E-state index contributed by atoms with van der Waals surface area (Å²) in [7, 11) is 0. The molecule has 9 rings (SSSR count). The van der Waals surface area contributed by atoms with Crippen molar-refractivity contribution in [1.82, 2.24) is 19.9 Å². The van der Waals surface area contributed by atoms with E-state index in [1.54, 1.807) is 72.8 Å². The summed E-state index contributed by atoms with van der Waals surface area (Å²) in [5.74, 6) is -2.56. The number of nitrogens with zero attached hydrogens (tertiary/aromatic N) is 2. The molecule has 3 aromatic heterocycles. The number of hydrogen-bond donors (Lipinski definition) is 6. The van der Waals surface area contributed by atoms with E-state index in [1.165, 1.54) is 0 Å². The molecule has 2 aliphatic rings. The smallest absolute Gasteiger partial charge is 0.491 e. The van der Waals surface area contributed by atoms with Crippen LogP contribution in [0.25, 0.3) is 90.9 Å². The molecule has 12 nitrogen and oxygen atoms in total. The summed E-state index contributed by atoms with van der Waals surface area (Å²) < 4.78 is 5.67. The Balaban J connectivity index is 0.00000529. The van der Waals surface area contributed by atoms with Crippen LogP contribution in [0.1, 0.15) is 53.8 Å². The van der Waals surface area contributed by atoms with Gasteiger partial charge in [0.25, 0.3) is 0 Å². The first-order valence-corrected chi connectivity index (χ1v) is 19.2. The van der Waals surface area contributed by atoms with Gasteiger partial charge in [-0.15, -0.1) is 0 Å². The Morgan fingerprint density at radius 1 is 0.435 bits per heavy atom. The number of nitrogens with one attached hydrogen (secondary N) is 2. The van der Waals surface area contributed by atoms with Gasteiger partial charge in [-0.25, -0.2) is 24.4 Å². The Morgan fingerprint density at radius 3 is 0.968 bits per heavy atom. The number of fused-ring (bicyclic) bond motifs is 8. The van der Waals surface area contributed by atoms with Crippen molar-refractivity contribution in [1.29, 1.82) is 0 Å². The molecule has 7 aromatic rings. The molecule has 6 N–H and O–H groups in total. The third kappa shape index (κ3) is 7.85. The molecule has 298 valence electrons. The van der Waals surface area contributed by atoms with Gasteiger partial charge in [-0.3, -0.25) is 0 Å². The zero-order valence-electron chi connectivity index (χ0n) is 32.8. The number of rotatable bonds is 10. The maximum atomic E-state index is 11.9. The van der Waals surface area contributed by atoms with Crippen LogP contribution in [0.2, 0.25) is 0 Å². The van der Waals surface area contributed by atoms with E-state index < -0.39 is 17.9 Å². The average Bonchev–Trinajstić information content (AvgIpc) is 4.12. The molecule has 0 saturated carbocycles. The summed E-state index contributed by atoms with van der Waals surface area (Å²) >= 11 is 0. The van der Waals surface area contributed by atoms with Gasteiger partial charge in [0.1, 0.15) is 12.4 Å². The number of H-pyrrole nitrogens is 2. The van der Waals surface area contributed by atoms with E-state index in [0.29, 0.717) is 78.5 Å². The molecular formula is C49H34N4O8Zn+2. The molecule has 0 saturated heterocycles. The number of aromatic amines is 2. The van der Waals surface area contributed by atoms with Gasteiger partial charge in [0.05, 0.1) is 46.1 Å². The number of carbonyl (C=O) groups is 3. The Morgan fingerprint density at radius 2 is 0.710 bits per heavy atom. The van der Waals surface area contributed by atoms with Crippen molar-refractivity contribution in [2.24, 2.45) is 0 Å². The first-order valence-electron chi connectivity index (χ1n) is 19.2. The van der Waals surface area contributed by atoms with Gasteiger partial charge in [-0.1, -0.05) is 48.5 Å². The van der Waals surface area contributed by atoms with Crippen LogP contribution in [0.4, 0.5) is 0 Å². The molecule has 4 aromatic carbocycles. The third-order valence-corrected chi connectivity index (χ3v) is 10.5. The number of carboxylic acid groups (broad SMARTS) is 3. The molecule has 0 spiro atoms. The number of carboxylic acids is 3. The summed E-state index contributed by atoms with van der Waals surface area (Å²) in [6, 6.07) is 35.0. The number of benzene rings is 4. The van der Waals surface area contributed by atoms with Crippen LogP contribution >= 0.6 is 0 Å². The summed E-state index contributed by atoms with van der Waals surface area (Å²) in [4.78, 5) is 53.2. The number of aliphatic hydroxyl groups is 1. The van der Waals surface area contributed by atoms with E-state index in [0.717, 1.165) is 16.6 Å². The zero-order chi connectivity index (χ0) is 42.2. The van der Waals surface area contributed by atoms with Gasteiger partial charge >= 0.3 is 37.4 Å². The normalized spacial score (nSPS) is 11.6. The molecule has 0 fully saturated rings. The van der Waals surface area contributed by atoms with Gasteiger partial charge in [-0.05, 0) is 119 Å². The second-order valence-electron chi connectivity index (χ2n) is 14.2. The zero-order valence-corrected chi connectivity index (χ0v) is 35.8. The number of ether oxygens (including phenoxy) is 1. The molecule has 0 aliphatic carbocycles. The largest absolute Gasteiger partial charge is 2.00 e. The topological polar surface area (TPSA) is 199 Å². The van der Waals surface area contributed by atoms with Crippen LogP contribution < -0.4 is 4.74 Å². The molecule has 0 amide bonds. The SMILES string of the molecule is O=C(O)c1ccc(-c2c3nc(c(-c4ccc(C(=O)O)cc4)c4ccc([nH]4)c(-c4ccc(C(=O)O)cc4)c4nc(c(-c5ccc(OCCO)cc5)c5ccc2[nH]5)C=C4)C=C3)cc1.[Zn+2]. The quantitative estimate of drug-likeness (QED) is 0.0719. The third-order valence-electron chi connectivity index (χ3n) is 10.5. The van der Waals surface area contributed by atoms with Crippen LogP contribution in [-0.2, 0) is 19.5 Å². The monoisotopic (exact) mass is 870 g/mol. The number of aliphatic hydroxyl groups excluding tert-OH is 1. The molecule has 0 radical (unpaired) electrons. The van der Waals surface area contributed by atoms with Crippen molar-refractivity contribution in [3.05, 3.63) is 161 Å². The number of hydrogen-bond acceptors (Lipinski definition) is 7. The average molecular weight is 872 g/mol. The van der Waals surface area contributed by atoms with Crippen LogP contribution in [0, 0.1) is 0 Å². The molecule has 2 aliphatic heterocycles. The molecule has 0 atom stereocenters. The Labute approximate surface area is 366 Å². The minimum Gasteiger partial charge on any atom is -0.491 e. The second kappa shape index (κ2) is 17.1. The van der Waals surface area contributed by atoms with Gasteiger partial charge in [0, 0.05) is 44.3 Å². The maximum Gasteiger partial charge on any atom is 2.00 e. The van der Waals surface area contributed by atoms with E-state index in [1.807, 2.05) is 72.8 Å². The fourth-order valence-electron chi connectivity index (χ4n) is 7.64. The van der Waals surface area contributed by atoms with Gasteiger partial charge in [0.2, 0.25) is 0 Å². The van der Waals surface area contributed by atoms with Crippen LogP contribution in [0.15, 0.2) is 121 Å². The molecule has 0 unspecified atom stereocenters. The number of aromatic carboxylic acids is 3. The summed E-state index contributed by atoms with van der Waals surface area (Å²) in [6.07, 6.45) is 7.63. The van der Waals surface area contributed by atoms with Crippen molar-refractivity contribution in [3.63, 3.8) is 0 Å². The molecule has 5 heterocycles. The Kier molecular flexibility index (Phi) is 11.3. The van der Waals surface area contributed by atoms with E-state index >= 15 is 0 Å². The standard InChI is InChI=1S/C49H34N4O8.Zn/c54-25-26-61-34-15-13-30(14-16-34)46-41-23-21-39(52-41)44(28-3-9-32(10-4-28)48(57)58)37-19-17-35(50-37)43(27-1-7-31(8-2-27)47(55)56)36-18-20-38(51-36)45(40-22-24-42(46)53-40)29-5-11-33(12-6-29)49(59)60;/h1-24,50,53-54H,25-26H2,(H,55,56)(H,57,58)(H,59,60);/q;+2. The van der Waals surface area contributed by atoms with E-state index in [4.69, 9.17) is 14.7 Å². The Hall–Kier alpha value is -7.73.